The minimum atomic E-state index is 0.546. The van der Waals surface area contributed by atoms with E-state index >= 15 is 0 Å². The zero-order valence-corrected chi connectivity index (χ0v) is 10.00. The van der Waals surface area contributed by atoms with Gasteiger partial charge in [0.1, 0.15) is 5.03 Å². The number of nitrogens with zero attached hydrogens (tertiary/aromatic N) is 1. The van der Waals surface area contributed by atoms with E-state index in [0.29, 0.717) is 6.54 Å². The van der Waals surface area contributed by atoms with Crippen LogP contribution in [0.1, 0.15) is 11.1 Å². The molecule has 0 saturated carbocycles. The van der Waals surface area contributed by atoms with Gasteiger partial charge in [-0.2, -0.15) is 0 Å². The fourth-order valence-electron chi connectivity index (χ4n) is 1.44. The van der Waals surface area contributed by atoms with Gasteiger partial charge in [-0.3, -0.25) is 0 Å². The Kier molecular flexibility index (Phi) is 3.59. The largest absolute Gasteiger partial charge is 0.326 e. The molecule has 2 N–H and O–H groups in total. The number of rotatable bonds is 3. The van der Waals surface area contributed by atoms with E-state index in [1.54, 1.807) is 11.8 Å². The molecule has 0 unspecified atom stereocenters. The van der Waals surface area contributed by atoms with Gasteiger partial charge in [0.25, 0.3) is 0 Å². The molecule has 0 amide bonds. The molecule has 2 rings (SSSR count). The second kappa shape index (κ2) is 5.14. The van der Waals surface area contributed by atoms with Crippen LogP contribution >= 0.6 is 11.8 Å². The molecule has 16 heavy (non-hydrogen) atoms. The first-order valence-corrected chi connectivity index (χ1v) is 6.00. The Morgan fingerprint density at radius 3 is 2.62 bits per heavy atom. The van der Waals surface area contributed by atoms with Gasteiger partial charge in [0.15, 0.2) is 0 Å². The lowest BCUT2D eigenvalue weighted by Gasteiger charge is -2.05. The summed E-state index contributed by atoms with van der Waals surface area (Å²) in [5, 5.41) is 1.04. The van der Waals surface area contributed by atoms with Crippen LogP contribution in [0.5, 0.6) is 0 Å². The Balaban J connectivity index is 2.22. The smallest absolute Gasteiger partial charge is 0.104 e. The third-order valence-electron chi connectivity index (χ3n) is 2.28. The van der Waals surface area contributed by atoms with Crippen LogP contribution in [0.25, 0.3) is 0 Å². The average molecular weight is 230 g/mol. The number of aromatic nitrogens is 1. The van der Waals surface area contributed by atoms with Crippen LogP contribution < -0.4 is 5.73 Å². The second-order valence-electron chi connectivity index (χ2n) is 3.58. The van der Waals surface area contributed by atoms with Gasteiger partial charge in [-0.05, 0) is 30.2 Å². The predicted molar refractivity (Wildman–Crippen MR) is 67.4 cm³/mol. The molecule has 1 aromatic carbocycles. The number of aryl methyl sites for hydroxylation is 1. The van der Waals surface area contributed by atoms with Crippen molar-refractivity contribution >= 4 is 11.8 Å². The normalized spacial score (nSPS) is 10.4. The van der Waals surface area contributed by atoms with Crippen LogP contribution in [0.4, 0.5) is 0 Å². The molecule has 0 fully saturated rings. The molecule has 0 bridgehead atoms. The maximum atomic E-state index is 5.57. The minimum Gasteiger partial charge on any atom is -0.326 e. The van der Waals surface area contributed by atoms with Crippen molar-refractivity contribution in [2.45, 2.75) is 23.4 Å². The molecule has 82 valence electrons. The molecule has 0 aliphatic carbocycles. The lowest BCUT2D eigenvalue weighted by Crippen LogP contribution is -1.98. The summed E-state index contributed by atoms with van der Waals surface area (Å²) in [4.78, 5) is 5.63. The van der Waals surface area contributed by atoms with Crippen molar-refractivity contribution in [3.63, 3.8) is 0 Å². The molecule has 2 nitrogen and oxygen atoms in total. The SMILES string of the molecule is Cc1cc(CN)cnc1Sc1ccccc1. The standard InChI is InChI=1S/C13H14N2S/c1-10-7-11(8-14)9-15-13(10)16-12-5-3-2-4-6-12/h2-7,9H,8,14H2,1H3. The highest BCUT2D eigenvalue weighted by atomic mass is 32.2. The first-order valence-electron chi connectivity index (χ1n) is 5.18. The first-order chi connectivity index (χ1) is 7.79. The van der Waals surface area contributed by atoms with Gasteiger partial charge in [-0.1, -0.05) is 36.0 Å². The van der Waals surface area contributed by atoms with Gasteiger partial charge in [0.2, 0.25) is 0 Å². The van der Waals surface area contributed by atoms with Crippen molar-refractivity contribution < 1.29 is 0 Å². The van der Waals surface area contributed by atoms with E-state index < -0.39 is 0 Å². The molecule has 2 aromatic rings. The lowest BCUT2D eigenvalue weighted by atomic mass is 10.2. The maximum absolute atomic E-state index is 5.57. The Bertz CT molecular complexity index is 469. The van der Waals surface area contributed by atoms with Gasteiger partial charge in [-0.25, -0.2) is 4.98 Å². The summed E-state index contributed by atoms with van der Waals surface area (Å²) in [6.45, 7) is 2.61. The Hall–Kier alpha value is -1.32. The van der Waals surface area contributed by atoms with Crippen LogP contribution in [-0.4, -0.2) is 4.98 Å². The maximum Gasteiger partial charge on any atom is 0.104 e. The van der Waals surface area contributed by atoms with Gasteiger partial charge >= 0.3 is 0 Å². The first kappa shape index (κ1) is 11.2. The molecule has 0 saturated heterocycles. The quantitative estimate of drug-likeness (QED) is 0.881. The summed E-state index contributed by atoms with van der Waals surface area (Å²) in [5.74, 6) is 0. The summed E-state index contributed by atoms with van der Waals surface area (Å²) >= 11 is 1.68. The second-order valence-corrected chi connectivity index (χ2v) is 4.65. The van der Waals surface area contributed by atoms with E-state index in [4.69, 9.17) is 5.73 Å². The van der Waals surface area contributed by atoms with Crippen LogP contribution in [0, 0.1) is 6.92 Å². The molecule has 0 atom stereocenters. The average Bonchev–Trinajstić information content (AvgIpc) is 2.33. The summed E-state index contributed by atoms with van der Waals surface area (Å²) in [6, 6.07) is 12.4. The van der Waals surface area contributed by atoms with Crippen molar-refractivity contribution in [2.24, 2.45) is 5.73 Å². The number of benzene rings is 1. The molecular weight excluding hydrogens is 216 g/mol. The van der Waals surface area contributed by atoms with E-state index in [9.17, 15) is 0 Å². The fraction of sp³-hybridized carbons (Fsp3) is 0.154. The number of hydrogen-bond donors (Lipinski definition) is 1. The highest BCUT2D eigenvalue weighted by Gasteiger charge is 2.03. The van der Waals surface area contributed by atoms with Crippen molar-refractivity contribution in [2.75, 3.05) is 0 Å². The zero-order valence-electron chi connectivity index (χ0n) is 9.18. The third kappa shape index (κ3) is 2.62. The monoisotopic (exact) mass is 230 g/mol. The number of hydrogen-bond acceptors (Lipinski definition) is 3. The molecule has 3 heteroatoms. The Morgan fingerprint density at radius 1 is 1.25 bits per heavy atom. The van der Waals surface area contributed by atoms with Crippen LogP contribution in [0.2, 0.25) is 0 Å². The van der Waals surface area contributed by atoms with E-state index in [2.05, 4.69) is 30.1 Å². The number of pyridine rings is 1. The highest BCUT2D eigenvalue weighted by Crippen LogP contribution is 2.28. The van der Waals surface area contributed by atoms with Crippen molar-refractivity contribution in [1.82, 2.24) is 4.98 Å². The Morgan fingerprint density at radius 2 is 2.00 bits per heavy atom. The van der Waals surface area contributed by atoms with Crippen molar-refractivity contribution in [3.8, 4) is 0 Å². The summed E-state index contributed by atoms with van der Waals surface area (Å²) in [6.07, 6.45) is 1.85. The van der Waals surface area contributed by atoms with E-state index in [0.717, 1.165) is 10.6 Å². The lowest BCUT2D eigenvalue weighted by molar-refractivity contribution is 0.988. The van der Waals surface area contributed by atoms with Gasteiger partial charge in [0, 0.05) is 17.6 Å². The van der Waals surface area contributed by atoms with Crippen molar-refractivity contribution in [3.05, 3.63) is 53.7 Å². The van der Waals surface area contributed by atoms with Crippen LogP contribution in [0.3, 0.4) is 0 Å². The number of nitrogens with two attached hydrogens (primary N) is 1. The molecule has 0 radical (unpaired) electrons. The minimum absolute atomic E-state index is 0.546. The molecule has 1 aromatic heterocycles. The van der Waals surface area contributed by atoms with Gasteiger partial charge < -0.3 is 5.73 Å². The van der Waals surface area contributed by atoms with E-state index in [1.165, 1.54) is 10.5 Å². The van der Waals surface area contributed by atoms with Gasteiger partial charge in [-0.15, -0.1) is 0 Å². The zero-order chi connectivity index (χ0) is 11.4. The molecule has 0 aliphatic rings. The van der Waals surface area contributed by atoms with Crippen LogP contribution in [0.15, 0.2) is 52.5 Å². The third-order valence-corrected chi connectivity index (χ3v) is 3.41. The molecular formula is C13H14N2S. The summed E-state index contributed by atoms with van der Waals surface area (Å²) in [5.41, 5.74) is 7.83. The van der Waals surface area contributed by atoms with Crippen LogP contribution in [-0.2, 0) is 6.54 Å². The van der Waals surface area contributed by atoms with E-state index in [-0.39, 0.29) is 0 Å². The topological polar surface area (TPSA) is 38.9 Å². The summed E-state index contributed by atoms with van der Waals surface area (Å²) < 4.78 is 0. The highest BCUT2D eigenvalue weighted by molar-refractivity contribution is 7.99. The molecule has 0 aliphatic heterocycles. The Labute approximate surface area is 99.9 Å². The molecule has 0 spiro atoms. The predicted octanol–water partition coefficient (Wildman–Crippen LogP) is 3.00. The van der Waals surface area contributed by atoms with Crippen molar-refractivity contribution in [1.29, 1.82) is 0 Å². The molecule has 1 heterocycles. The summed E-state index contributed by atoms with van der Waals surface area (Å²) in [7, 11) is 0. The van der Waals surface area contributed by atoms with Gasteiger partial charge in [0.05, 0.1) is 0 Å². The fourth-order valence-corrected chi connectivity index (χ4v) is 2.28. The van der Waals surface area contributed by atoms with E-state index in [1.807, 2.05) is 24.4 Å².